The van der Waals surface area contributed by atoms with Crippen LogP contribution in [0.3, 0.4) is 0 Å². The van der Waals surface area contributed by atoms with Gasteiger partial charge in [-0.25, -0.2) is 13.6 Å². The Balaban J connectivity index is 2.51. The molecule has 2 rings (SSSR count). The van der Waals surface area contributed by atoms with E-state index in [1.807, 2.05) is 0 Å². The monoisotopic (exact) mass is 267 g/mol. The molecular formula is C13H11F2NO3. The standard InChI is InChI=1S/C13H11F2NO3/c1-6-12(13(18)19)8(5-11(17)16-6)7-2-3-9(14)10(15)4-7/h2-4,8H,5H2,1H3,(H,16,17)(H,18,19)/t8-/m0/s1. The average Bonchev–Trinajstić information content (AvgIpc) is 2.31. The summed E-state index contributed by atoms with van der Waals surface area (Å²) in [5.74, 6) is -4.39. The third-order valence-corrected chi connectivity index (χ3v) is 3.05. The molecule has 1 atom stereocenters. The van der Waals surface area contributed by atoms with Crippen LogP contribution in [0.25, 0.3) is 0 Å². The number of carbonyl (C=O) groups is 2. The van der Waals surface area contributed by atoms with Crippen LogP contribution >= 0.6 is 0 Å². The molecule has 100 valence electrons. The fourth-order valence-corrected chi connectivity index (χ4v) is 2.20. The zero-order chi connectivity index (χ0) is 14.2. The topological polar surface area (TPSA) is 66.4 Å². The summed E-state index contributed by atoms with van der Waals surface area (Å²) in [4.78, 5) is 22.7. The van der Waals surface area contributed by atoms with Crippen molar-refractivity contribution in [1.82, 2.24) is 5.32 Å². The lowest BCUT2D eigenvalue weighted by Gasteiger charge is -2.25. The fourth-order valence-electron chi connectivity index (χ4n) is 2.20. The van der Waals surface area contributed by atoms with E-state index in [9.17, 15) is 23.5 Å². The van der Waals surface area contributed by atoms with Gasteiger partial charge in [-0.2, -0.15) is 0 Å². The number of allylic oxidation sites excluding steroid dienone is 1. The van der Waals surface area contributed by atoms with Crippen molar-refractivity contribution in [3.8, 4) is 0 Å². The predicted octanol–water partition coefficient (Wildman–Crippen LogP) is 1.93. The highest BCUT2D eigenvalue weighted by molar-refractivity contribution is 5.94. The van der Waals surface area contributed by atoms with Gasteiger partial charge in [0.1, 0.15) is 0 Å². The van der Waals surface area contributed by atoms with Crippen LogP contribution in [0.15, 0.2) is 29.5 Å². The molecule has 4 nitrogen and oxygen atoms in total. The van der Waals surface area contributed by atoms with Crippen molar-refractivity contribution >= 4 is 11.9 Å². The first kappa shape index (κ1) is 13.2. The Morgan fingerprint density at radius 3 is 2.63 bits per heavy atom. The van der Waals surface area contributed by atoms with Crippen molar-refractivity contribution in [2.75, 3.05) is 0 Å². The minimum Gasteiger partial charge on any atom is -0.478 e. The lowest BCUT2D eigenvalue weighted by atomic mass is 9.84. The molecule has 6 heteroatoms. The van der Waals surface area contributed by atoms with Gasteiger partial charge in [-0.15, -0.1) is 0 Å². The van der Waals surface area contributed by atoms with Gasteiger partial charge in [0.05, 0.1) is 5.57 Å². The summed E-state index contributed by atoms with van der Waals surface area (Å²) in [6.45, 7) is 1.47. The maximum Gasteiger partial charge on any atom is 0.333 e. The number of carbonyl (C=O) groups excluding carboxylic acids is 1. The van der Waals surface area contributed by atoms with Crippen molar-refractivity contribution in [3.05, 3.63) is 46.7 Å². The van der Waals surface area contributed by atoms with Gasteiger partial charge in [0, 0.05) is 18.0 Å². The number of aliphatic carboxylic acids is 1. The maximum absolute atomic E-state index is 13.2. The number of halogens is 2. The van der Waals surface area contributed by atoms with E-state index < -0.39 is 23.5 Å². The van der Waals surface area contributed by atoms with Crippen molar-refractivity contribution in [3.63, 3.8) is 0 Å². The number of benzene rings is 1. The zero-order valence-electron chi connectivity index (χ0n) is 10.0. The van der Waals surface area contributed by atoms with Gasteiger partial charge in [0.2, 0.25) is 5.91 Å². The number of hydrogen-bond donors (Lipinski definition) is 2. The molecule has 1 aliphatic heterocycles. The number of nitrogens with one attached hydrogen (secondary N) is 1. The van der Waals surface area contributed by atoms with Crippen LogP contribution in [0, 0.1) is 11.6 Å². The smallest absolute Gasteiger partial charge is 0.333 e. The molecule has 0 fully saturated rings. The highest BCUT2D eigenvalue weighted by Crippen LogP contribution is 2.33. The molecule has 0 saturated carbocycles. The quantitative estimate of drug-likeness (QED) is 0.860. The maximum atomic E-state index is 13.2. The second-order valence-corrected chi connectivity index (χ2v) is 4.32. The van der Waals surface area contributed by atoms with Gasteiger partial charge >= 0.3 is 5.97 Å². The van der Waals surface area contributed by atoms with Crippen molar-refractivity contribution in [2.45, 2.75) is 19.3 Å². The number of carboxylic acid groups (broad SMARTS) is 1. The Kier molecular flexibility index (Phi) is 3.33. The van der Waals surface area contributed by atoms with E-state index in [0.29, 0.717) is 0 Å². The third kappa shape index (κ3) is 2.47. The molecule has 19 heavy (non-hydrogen) atoms. The normalized spacial score (nSPS) is 19.3. The Labute approximate surface area is 107 Å². The van der Waals surface area contributed by atoms with Gasteiger partial charge in [-0.1, -0.05) is 6.07 Å². The number of rotatable bonds is 2. The average molecular weight is 267 g/mol. The van der Waals surface area contributed by atoms with Crippen LogP contribution in [0.4, 0.5) is 8.78 Å². The summed E-state index contributed by atoms with van der Waals surface area (Å²) in [6.07, 6.45) is -0.107. The third-order valence-electron chi connectivity index (χ3n) is 3.05. The summed E-state index contributed by atoms with van der Waals surface area (Å²) in [7, 11) is 0. The van der Waals surface area contributed by atoms with Gasteiger partial charge in [-0.3, -0.25) is 4.79 Å². The highest BCUT2D eigenvalue weighted by atomic mass is 19.2. The summed E-state index contributed by atoms with van der Waals surface area (Å²) < 4.78 is 26.1. The lowest BCUT2D eigenvalue weighted by Crippen LogP contribution is -2.33. The van der Waals surface area contributed by atoms with Crippen LogP contribution in [-0.2, 0) is 9.59 Å². The Bertz CT molecular complexity index is 596. The van der Waals surface area contributed by atoms with Gasteiger partial charge in [-0.05, 0) is 24.6 Å². The van der Waals surface area contributed by atoms with Gasteiger partial charge < -0.3 is 10.4 Å². The minimum atomic E-state index is -1.19. The SMILES string of the molecule is CC1=C(C(=O)O)[C@H](c2ccc(F)c(F)c2)CC(=O)N1. The highest BCUT2D eigenvalue weighted by Gasteiger charge is 2.31. The molecule has 1 aromatic rings. The van der Waals surface area contributed by atoms with E-state index in [2.05, 4.69) is 5.32 Å². The van der Waals surface area contributed by atoms with Crippen LogP contribution in [0.5, 0.6) is 0 Å². The molecule has 0 aromatic heterocycles. The van der Waals surface area contributed by atoms with Crippen LogP contribution in [0.2, 0.25) is 0 Å². The van der Waals surface area contributed by atoms with Gasteiger partial charge in [0.15, 0.2) is 11.6 Å². The van der Waals surface area contributed by atoms with Crippen molar-refractivity contribution in [1.29, 1.82) is 0 Å². The number of carboxylic acids is 1. The molecule has 2 N–H and O–H groups in total. The molecule has 1 amide bonds. The van der Waals surface area contributed by atoms with Crippen molar-refractivity contribution in [2.24, 2.45) is 0 Å². The Morgan fingerprint density at radius 2 is 2.05 bits per heavy atom. The van der Waals surface area contributed by atoms with Crippen molar-refractivity contribution < 1.29 is 23.5 Å². The summed E-state index contributed by atoms with van der Waals surface area (Å²) >= 11 is 0. The molecule has 0 spiro atoms. The van der Waals surface area contributed by atoms with E-state index in [4.69, 9.17) is 0 Å². The molecule has 1 aromatic carbocycles. The van der Waals surface area contributed by atoms with E-state index >= 15 is 0 Å². The summed E-state index contributed by atoms with van der Waals surface area (Å²) in [6, 6.07) is 3.14. The zero-order valence-corrected chi connectivity index (χ0v) is 10.0. The van der Waals surface area contributed by atoms with Crippen LogP contribution in [-0.4, -0.2) is 17.0 Å². The second kappa shape index (κ2) is 4.79. The molecule has 1 heterocycles. The second-order valence-electron chi connectivity index (χ2n) is 4.32. The number of hydrogen-bond acceptors (Lipinski definition) is 2. The first-order valence-electron chi connectivity index (χ1n) is 5.59. The molecule has 1 aliphatic rings. The van der Waals surface area contributed by atoms with Crippen LogP contribution < -0.4 is 5.32 Å². The molecule has 0 unspecified atom stereocenters. The fraction of sp³-hybridized carbons (Fsp3) is 0.231. The van der Waals surface area contributed by atoms with E-state index in [0.717, 1.165) is 12.1 Å². The lowest BCUT2D eigenvalue weighted by molar-refractivity contribution is -0.133. The summed E-state index contributed by atoms with van der Waals surface area (Å²) in [5, 5.41) is 11.6. The molecule has 0 saturated heterocycles. The first-order chi connectivity index (χ1) is 8.90. The van der Waals surface area contributed by atoms with E-state index in [1.54, 1.807) is 0 Å². The van der Waals surface area contributed by atoms with E-state index in [1.165, 1.54) is 13.0 Å². The first-order valence-corrected chi connectivity index (χ1v) is 5.59. The predicted molar refractivity (Wildman–Crippen MR) is 62.2 cm³/mol. The summed E-state index contributed by atoms with van der Waals surface area (Å²) in [5.41, 5.74) is 0.481. The van der Waals surface area contributed by atoms with Crippen LogP contribution in [0.1, 0.15) is 24.8 Å². The number of amides is 1. The molecule has 0 aliphatic carbocycles. The Hall–Kier alpha value is -2.24. The largest absolute Gasteiger partial charge is 0.478 e. The molecule has 0 bridgehead atoms. The van der Waals surface area contributed by atoms with E-state index in [-0.39, 0.29) is 29.2 Å². The molecular weight excluding hydrogens is 256 g/mol. The Morgan fingerprint density at radius 1 is 1.37 bits per heavy atom. The minimum absolute atomic E-state index is 0.00870. The van der Waals surface area contributed by atoms with Gasteiger partial charge in [0.25, 0.3) is 0 Å². The molecule has 0 radical (unpaired) electrons.